The Hall–Kier alpha value is -11.8. The topological polar surface area (TPSA) is 11.4 Å². The molecule has 0 bridgehead atoms. The molecule has 2 aliphatic heterocycles. The van der Waals surface area contributed by atoms with Crippen LogP contribution in [0.3, 0.4) is 0 Å². The first-order valence-electron chi connectivity index (χ1n) is 36.1. The van der Waals surface area contributed by atoms with Gasteiger partial charge in [0.2, 0.25) is 0 Å². The van der Waals surface area contributed by atoms with Gasteiger partial charge in [-0.05, 0) is 176 Å². The smallest absolute Gasteiger partial charge is 0.252 e. The van der Waals surface area contributed by atoms with Gasteiger partial charge in [-0.2, -0.15) is 0 Å². The van der Waals surface area contributed by atoms with Crippen LogP contribution < -0.4 is 67.7 Å². The van der Waals surface area contributed by atoms with Crippen molar-refractivity contribution in [3.05, 3.63) is 387 Å². The van der Waals surface area contributed by atoms with Gasteiger partial charge < -0.3 is 14.4 Å². The third kappa shape index (κ3) is 10.1. The highest BCUT2D eigenvalue weighted by molar-refractivity contribution is 7.20. The molecule has 0 radical (unpaired) electrons. The molecule has 0 saturated heterocycles. The Morgan fingerprint density at radius 2 is 0.637 bits per heavy atom. The van der Waals surface area contributed by atoms with Crippen molar-refractivity contribution >= 4 is 137 Å². The van der Waals surface area contributed by atoms with Crippen molar-refractivity contribution in [2.24, 2.45) is 0 Å². The lowest BCUT2D eigenvalue weighted by Crippen LogP contribution is -2.75. The van der Waals surface area contributed by atoms with E-state index in [1.807, 2.05) is 0 Å². The number of nitrogens with zero attached hydrogens (tertiary/aromatic N) is 3. The highest BCUT2D eigenvalue weighted by Crippen LogP contribution is 2.48. The van der Waals surface area contributed by atoms with Gasteiger partial charge >= 0.3 is 0 Å². The van der Waals surface area contributed by atoms with Gasteiger partial charge in [0.25, 0.3) is 6.71 Å². The summed E-state index contributed by atoms with van der Waals surface area (Å²) in [4.78, 5) is 5.34. The largest absolute Gasteiger partial charge is 0.311 e. The highest BCUT2D eigenvalue weighted by atomic mass is 28.3. The van der Waals surface area contributed by atoms with Gasteiger partial charge in [-0.25, -0.2) is 0 Å². The van der Waals surface area contributed by atoms with Gasteiger partial charge in [0.05, 0.1) is 16.7 Å². The van der Waals surface area contributed by atoms with Gasteiger partial charge in [0.15, 0.2) is 16.1 Å². The van der Waals surface area contributed by atoms with E-state index < -0.39 is 16.1 Å². The molecule has 16 aromatic rings. The van der Waals surface area contributed by atoms with Crippen molar-refractivity contribution in [2.45, 2.75) is 39.5 Å². The SMILES string of the molecule is CC(C)c1ccc2c(c1)c1cc(C(C)C)ccc1n2-c1cc2c3c(c1)N(c1cccc([Si](c4ccccc4)(c4ccccc4)c4ccccc4)c1)c1cccc(-c4ccccc4)c1B3c1ccc([Si](c3ccccc3)(c3ccccc3)c3ccccc3)cc1N2c1cccc(-c2ccccc2)c1. The fraction of sp³-hybridized carbons (Fsp3) is 0.0625. The summed E-state index contributed by atoms with van der Waals surface area (Å²) in [7, 11) is -6.21. The molecule has 2 aliphatic rings. The summed E-state index contributed by atoms with van der Waals surface area (Å²) in [6, 6.07) is 144. The number of benzene rings is 15. The fourth-order valence-electron chi connectivity index (χ4n) is 17.3. The van der Waals surface area contributed by atoms with Crippen LogP contribution in [0.1, 0.15) is 50.7 Å². The molecule has 3 heterocycles. The van der Waals surface area contributed by atoms with Crippen LogP contribution in [0.5, 0.6) is 0 Å². The molecule has 0 unspecified atom stereocenters. The molecule has 102 heavy (non-hydrogen) atoms. The summed E-state index contributed by atoms with van der Waals surface area (Å²) in [5.41, 5.74) is 21.4. The van der Waals surface area contributed by atoms with Crippen molar-refractivity contribution in [1.29, 1.82) is 0 Å². The second-order valence-electron chi connectivity index (χ2n) is 28.2. The number of fused-ring (bicyclic) bond motifs is 7. The highest BCUT2D eigenvalue weighted by Gasteiger charge is 2.49. The van der Waals surface area contributed by atoms with Crippen LogP contribution in [-0.4, -0.2) is 27.4 Å². The summed E-state index contributed by atoms with van der Waals surface area (Å²) in [6.07, 6.45) is 0. The van der Waals surface area contributed by atoms with E-state index in [-0.39, 0.29) is 6.71 Å². The van der Waals surface area contributed by atoms with E-state index in [0.717, 1.165) is 45.4 Å². The van der Waals surface area contributed by atoms with E-state index in [4.69, 9.17) is 0 Å². The van der Waals surface area contributed by atoms with Crippen LogP contribution in [0.15, 0.2) is 376 Å². The number of aromatic nitrogens is 1. The van der Waals surface area contributed by atoms with E-state index in [2.05, 4.69) is 418 Å². The molecular weight excluding hydrogens is 1260 g/mol. The predicted molar refractivity (Wildman–Crippen MR) is 441 cm³/mol. The molecule has 0 aliphatic carbocycles. The molecular formula is C96H76BN3Si2. The maximum Gasteiger partial charge on any atom is 0.252 e. The lowest BCUT2D eigenvalue weighted by atomic mass is 9.32. The van der Waals surface area contributed by atoms with Gasteiger partial charge in [-0.3, -0.25) is 0 Å². The molecule has 0 amide bonds. The Morgan fingerprint density at radius 1 is 0.255 bits per heavy atom. The molecule has 15 aromatic carbocycles. The van der Waals surface area contributed by atoms with E-state index in [9.17, 15) is 0 Å². The maximum absolute atomic E-state index is 3.14. The summed E-state index contributed by atoms with van der Waals surface area (Å²) in [6.45, 7) is 9.03. The van der Waals surface area contributed by atoms with Crippen LogP contribution in [-0.2, 0) is 0 Å². The van der Waals surface area contributed by atoms with Gasteiger partial charge in [0, 0.05) is 44.9 Å². The average molecular weight is 1340 g/mol. The molecule has 18 rings (SSSR count). The lowest BCUT2D eigenvalue weighted by molar-refractivity contribution is 0.868. The predicted octanol–water partition coefficient (Wildman–Crippen LogP) is 17.2. The average Bonchev–Trinajstić information content (AvgIpc) is 0.786. The van der Waals surface area contributed by atoms with Crippen LogP contribution >= 0.6 is 0 Å². The molecule has 486 valence electrons. The van der Waals surface area contributed by atoms with Crippen LogP contribution in [0.25, 0.3) is 49.7 Å². The van der Waals surface area contributed by atoms with E-state index in [1.165, 1.54) is 108 Å². The number of hydrogen-bond donors (Lipinski definition) is 0. The summed E-state index contributed by atoms with van der Waals surface area (Å²) < 4.78 is 2.59. The number of anilines is 6. The van der Waals surface area contributed by atoms with Crippen LogP contribution in [0.2, 0.25) is 0 Å². The van der Waals surface area contributed by atoms with Gasteiger partial charge in [-0.15, -0.1) is 0 Å². The van der Waals surface area contributed by atoms with Crippen molar-refractivity contribution in [2.75, 3.05) is 9.80 Å². The third-order valence-corrected chi connectivity index (χ3v) is 31.5. The molecule has 3 nitrogen and oxygen atoms in total. The van der Waals surface area contributed by atoms with E-state index >= 15 is 0 Å². The molecule has 0 spiro atoms. The first-order valence-corrected chi connectivity index (χ1v) is 40.1. The first kappa shape index (κ1) is 62.5. The van der Waals surface area contributed by atoms with Gasteiger partial charge in [-0.1, -0.05) is 331 Å². The first-order chi connectivity index (χ1) is 50.3. The van der Waals surface area contributed by atoms with Crippen molar-refractivity contribution < 1.29 is 0 Å². The minimum absolute atomic E-state index is 0.236. The summed E-state index contributed by atoms with van der Waals surface area (Å²) in [5, 5.41) is 13.1. The lowest BCUT2D eigenvalue weighted by Gasteiger charge is -2.46. The zero-order chi connectivity index (χ0) is 68.5. The monoisotopic (exact) mass is 1340 g/mol. The Morgan fingerprint density at radius 3 is 1.10 bits per heavy atom. The summed E-state index contributed by atoms with van der Waals surface area (Å²) in [5.74, 6) is 0.697. The second kappa shape index (κ2) is 25.7. The summed E-state index contributed by atoms with van der Waals surface area (Å²) >= 11 is 0. The van der Waals surface area contributed by atoms with E-state index in [0.29, 0.717) is 11.8 Å². The van der Waals surface area contributed by atoms with Crippen molar-refractivity contribution in [1.82, 2.24) is 4.57 Å². The Balaban J connectivity index is 1.01. The van der Waals surface area contributed by atoms with Crippen molar-refractivity contribution in [3.63, 3.8) is 0 Å². The minimum Gasteiger partial charge on any atom is -0.311 e. The van der Waals surface area contributed by atoms with E-state index in [1.54, 1.807) is 0 Å². The van der Waals surface area contributed by atoms with Crippen molar-refractivity contribution in [3.8, 4) is 27.9 Å². The second-order valence-corrected chi connectivity index (χ2v) is 35.9. The fourth-order valence-corrected chi connectivity index (χ4v) is 26.9. The van der Waals surface area contributed by atoms with Crippen LogP contribution in [0, 0.1) is 0 Å². The minimum atomic E-state index is -3.14. The quantitative estimate of drug-likeness (QED) is 0.0749. The van der Waals surface area contributed by atoms with Crippen LogP contribution in [0.4, 0.5) is 34.1 Å². The molecule has 0 saturated carbocycles. The number of hydrogen-bond acceptors (Lipinski definition) is 2. The molecule has 0 fully saturated rings. The standard InChI is InChI=1S/C96H76BN3Si2/c1-67(2)71-54-58-89-86(61-71)87-62-72(68(3)4)55-59-90(87)100(89)76-64-93-96-94(65-76)99(74-37-29-36-73(60-74)69-32-13-5-14-33-69)92-66-84(102(80-45-23-10-24-46-80,81-47-25-11-26-48-81)82-49-27-12-28-50-82)56-57-88(92)97(96)95-85(70-34-15-6-16-35-70)52-31-53-91(95)98(93)75-38-30-51-83(63-75)101(77-39-17-7-18-40-77,78-41-19-8-20-42-78)79-43-21-9-22-44-79/h5-68H,1-4H3. The Bertz CT molecular complexity index is 5510. The Labute approximate surface area is 601 Å². The zero-order valence-electron chi connectivity index (χ0n) is 57.9. The zero-order valence-corrected chi connectivity index (χ0v) is 59.9. The van der Waals surface area contributed by atoms with Gasteiger partial charge in [0.1, 0.15) is 0 Å². The number of rotatable bonds is 15. The molecule has 1 aromatic heterocycles. The maximum atomic E-state index is 2.68. The normalized spacial score (nSPS) is 12.6. The molecule has 6 heteroatoms. The Kier molecular flexibility index (Phi) is 15.8. The molecule has 0 N–H and O–H groups in total. The third-order valence-electron chi connectivity index (χ3n) is 22.0. The molecule has 0 atom stereocenters.